The lowest BCUT2D eigenvalue weighted by molar-refractivity contribution is -0.148. The molecule has 47 heavy (non-hydrogen) atoms. The summed E-state index contributed by atoms with van der Waals surface area (Å²) in [4.78, 5) is 64.5. The van der Waals surface area contributed by atoms with Crippen molar-refractivity contribution in [2.75, 3.05) is 6.54 Å². The summed E-state index contributed by atoms with van der Waals surface area (Å²) in [5, 5.41) is 13.6. The Morgan fingerprint density at radius 3 is 2.51 bits per heavy atom. The normalized spacial score (nSPS) is 27.6. The third kappa shape index (κ3) is 5.67. The molecule has 3 aliphatic heterocycles. The number of hydrogen-bond donors (Lipinski definition) is 3. The van der Waals surface area contributed by atoms with E-state index in [-0.39, 0.29) is 40.1 Å². The van der Waals surface area contributed by atoms with Gasteiger partial charge in [0.15, 0.2) is 0 Å². The first kappa shape index (κ1) is 32.0. The molecule has 3 saturated heterocycles. The summed E-state index contributed by atoms with van der Waals surface area (Å²) in [6.07, 6.45) is 5.60. The first-order chi connectivity index (χ1) is 22.5. The zero-order valence-electron chi connectivity index (χ0n) is 25.6. The minimum absolute atomic E-state index is 0.0927. The molecular formula is C34H36FN4O6PS. The van der Waals surface area contributed by atoms with Gasteiger partial charge in [-0.1, -0.05) is 49.2 Å². The number of hydrogen-bond acceptors (Lipinski definition) is 6. The van der Waals surface area contributed by atoms with Crippen molar-refractivity contribution in [1.82, 2.24) is 15.1 Å². The van der Waals surface area contributed by atoms with Gasteiger partial charge in [0.05, 0.1) is 22.4 Å². The highest BCUT2D eigenvalue weighted by Crippen LogP contribution is 2.58. The quantitative estimate of drug-likeness (QED) is 0.296. The van der Waals surface area contributed by atoms with Crippen LogP contribution in [-0.4, -0.2) is 67.5 Å². The smallest absolute Gasteiger partial charge is 0.340 e. The molecule has 0 bridgehead atoms. The number of rotatable bonds is 6. The second kappa shape index (κ2) is 12.1. The molecule has 0 radical (unpaired) electrons. The highest BCUT2D eigenvalue weighted by atomic mass is 32.1. The van der Waals surface area contributed by atoms with Gasteiger partial charge in [0.2, 0.25) is 17.7 Å². The molecule has 4 unspecified atom stereocenters. The summed E-state index contributed by atoms with van der Waals surface area (Å²) in [5.41, 5.74) is 0.362. The Labute approximate surface area is 275 Å². The number of benzene rings is 2. The fourth-order valence-corrected chi connectivity index (χ4v) is 9.58. The number of nitriles is 1. The number of amides is 3. The van der Waals surface area contributed by atoms with Crippen LogP contribution in [0, 0.1) is 17.2 Å². The van der Waals surface area contributed by atoms with Gasteiger partial charge in [-0.3, -0.25) is 18.9 Å². The number of nitrogens with one attached hydrogen (secondary N) is 1. The van der Waals surface area contributed by atoms with Crippen molar-refractivity contribution in [3.8, 4) is 6.07 Å². The van der Waals surface area contributed by atoms with Gasteiger partial charge in [0.25, 0.3) is 5.91 Å². The maximum absolute atomic E-state index is 14.4. The number of likely N-dealkylation sites (tertiary alicyclic amines) is 1. The fraction of sp³-hybridized carbons (Fsp3) is 0.471. The predicted octanol–water partition coefficient (Wildman–Crippen LogP) is 5.38. The van der Waals surface area contributed by atoms with Gasteiger partial charge in [-0.25, -0.2) is 4.39 Å². The Balaban J connectivity index is 1.11. The van der Waals surface area contributed by atoms with Crippen LogP contribution in [-0.2, 0) is 14.2 Å². The maximum atomic E-state index is 14.4. The standard InChI is InChI=1S/C34H36FN4O6PS/c35-30(46(43,44)45)21-10-13-28-22(16-21)17-29(47-28)31(40)37-26-9-5-4-8-23-11-12-27(39(23)32(26)41)33(42)38-19-24(20-6-2-1-3-7-20)25(18-36)34(38)14-15-34/h1-3,6-7,10,13,16-17,23-27,30H,4-5,8-9,11-12,14-15,19H2,(H,37,40)(H2,43,44,45)/t23-,24?,25-,26?,27?,30?/m0/s1. The van der Waals surface area contributed by atoms with Gasteiger partial charge in [0, 0.05) is 23.2 Å². The molecule has 3 N–H and O–H groups in total. The van der Waals surface area contributed by atoms with E-state index >= 15 is 0 Å². The van der Waals surface area contributed by atoms with Gasteiger partial charge in [-0.15, -0.1) is 11.3 Å². The van der Waals surface area contributed by atoms with Crippen molar-refractivity contribution < 1.29 is 33.1 Å². The van der Waals surface area contributed by atoms with Crippen molar-refractivity contribution in [3.63, 3.8) is 0 Å². The van der Waals surface area contributed by atoms with Crippen molar-refractivity contribution in [2.24, 2.45) is 5.92 Å². The van der Waals surface area contributed by atoms with E-state index in [1.165, 1.54) is 24.3 Å². The Hall–Kier alpha value is -3.62. The number of thiophene rings is 1. The van der Waals surface area contributed by atoms with E-state index in [1.54, 1.807) is 4.90 Å². The first-order valence-electron chi connectivity index (χ1n) is 16.1. The van der Waals surface area contributed by atoms with Gasteiger partial charge in [0.1, 0.15) is 12.1 Å². The molecule has 7 rings (SSSR count). The number of halogens is 1. The SMILES string of the molecule is N#C[C@H]1C(c2ccccc2)CN(C(=O)C2CC[C@@H]3CCCCC(NC(=O)c4cc5cc(C(F)P(=O)(O)O)ccc5s4)C(=O)N23)C12CC2. The monoisotopic (exact) mass is 678 g/mol. The van der Waals surface area contributed by atoms with E-state index in [0.717, 1.165) is 49.0 Å². The van der Waals surface area contributed by atoms with E-state index in [2.05, 4.69) is 11.4 Å². The van der Waals surface area contributed by atoms with Crippen LogP contribution in [0.4, 0.5) is 4.39 Å². The Morgan fingerprint density at radius 2 is 1.81 bits per heavy atom. The Kier molecular flexibility index (Phi) is 8.24. The largest absolute Gasteiger partial charge is 0.363 e. The van der Waals surface area contributed by atoms with Crippen LogP contribution in [0.1, 0.15) is 84.0 Å². The summed E-state index contributed by atoms with van der Waals surface area (Å²) in [5.74, 6) is -3.73. The molecule has 4 aliphatic rings. The molecule has 3 aromatic rings. The van der Waals surface area contributed by atoms with Crippen LogP contribution in [0.25, 0.3) is 10.1 Å². The van der Waals surface area contributed by atoms with Gasteiger partial charge in [-0.2, -0.15) is 5.26 Å². The first-order valence-corrected chi connectivity index (χ1v) is 18.6. The van der Waals surface area contributed by atoms with E-state index in [1.807, 2.05) is 35.2 Å². The fourth-order valence-electron chi connectivity index (χ4n) is 8.09. The van der Waals surface area contributed by atoms with E-state index in [0.29, 0.717) is 35.9 Å². The third-order valence-electron chi connectivity index (χ3n) is 10.6. The molecule has 1 aliphatic carbocycles. The van der Waals surface area contributed by atoms with Crippen LogP contribution in [0.2, 0.25) is 0 Å². The summed E-state index contributed by atoms with van der Waals surface area (Å²) in [6, 6.07) is 16.4. The average molecular weight is 679 g/mol. The van der Waals surface area contributed by atoms with Crippen molar-refractivity contribution in [3.05, 3.63) is 70.6 Å². The van der Waals surface area contributed by atoms with Crippen molar-refractivity contribution in [1.29, 1.82) is 5.26 Å². The van der Waals surface area contributed by atoms with Gasteiger partial charge in [-0.05, 0) is 73.2 Å². The Morgan fingerprint density at radius 1 is 1.06 bits per heavy atom. The minimum atomic E-state index is -4.99. The zero-order valence-corrected chi connectivity index (χ0v) is 27.3. The van der Waals surface area contributed by atoms with Crippen LogP contribution >= 0.6 is 18.9 Å². The number of carbonyl (C=O) groups is 3. The third-order valence-corrected chi connectivity index (χ3v) is 12.6. The molecular weight excluding hydrogens is 642 g/mol. The van der Waals surface area contributed by atoms with Crippen LogP contribution in [0.15, 0.2) is 54.6 Å². The van der Waals surface area contributed by atoms with Crippen LogP contribution in [0.3, 0.4) is 0 Å². The summed E-state index contributed by atoms with van der Waals surface area (Å²) in [6.45, 7) is 0.440. The molecule has 3 amide bonds. The molecule has 1 spiro atoms. The second-order valence-electron chi connectivity index (χ2n) is 13.3. The topological polar surface area (TPSA) is 151 Å². The summed E-state index contributed by atoms with van der Waals surface area (Å²) >= 11 is 1.14. The molecule has 4 fully saturated rings. The molecule has 6 atom stereocenters. The van der Waals surface area contributed by atoms with Crippen molar-refractivity contribution >= 4 is 46.7 Å². The highest BCUT2D eigenvalue weighted by Gasteiger charge is 2.64. The lowest BCUT2D eigenvalue weighted by atomic mass is 9.85. The summed E-state index contributed by atoms with van der Waals surface area (Å²) in [7, 11) is -4.99. The van der Waals surface area contributed by atoms with Crippen LogP contribution in [0.5, 0.6) is 0 Å². The lowest BCUT2D eigenvalue weighted by Crippen LogP contribution is -2.57. The van der Waals surface area contributed by atoms with Gasteiger partial charge >= 0.3 is 7.60 Å². The molecule has 13 heteroatoms. The predicted molar refractivity (Wildman–Crippen MR) is 173 cm³/mol. The molecule has 246 valence electrons. The Bertz CT molecular complexity index is 1820. The number of alkyl halides is 1. The van der Waals surface area contributed by atoms with Crippen molar-refractivity contribution in [2.45, 2.75) is 86.9 Å². The number of carbonyl (C=O) groups excluding carboxylic acids is 3. The average Bonchev–Trinajstić information content (AvgIpc) is 3.40. The number of nitrogens with zero attached hydrogens (tertiary/aromatic N) is 3. The maximum Gasteiger partial charge on any atom is 0.363 e. The molecule has 10 nitrogen and oxygen atoms in total. The minimum Gasteiger partial charge on any atom is -0.340 e. The summed E-state index contributed by atoms with van der Waals surface area (Å²) < 4.78 is 26.4. The second-order valence-corrected chi connectivity index (χ2v) is 16.0. The van der Waals surface area contributed by atoms with E-state index in [9.17, 15) is 38.4 Å². The lowest BCUT2D eigenvalue weighted by Gasteiger charge is -2.37. The molecule has 1 aromatic heterocycles. The van der Waals surface area contributed by atoms with Gasteiger partial charge < -0.3 is 24.9 Å². The van der Waals surface area contributed by atoms with Crippen LogP contribution < -0.4 is 5.32 Å². The van der Waals surface area contributed by atoms with E-state index in [4.69, 9.17) is 0 Å². The molecule has 4 heterocycles. The highest BCUT2D eigenvalue weighted by molar-refractivity contribution is 7.51. The zero-order chi connectivity index (χ0) is 33.1. The molecule has 1 saturated carbocycles. The van der Waals surface area contributed by atoms with E-state index < -0.39 is 37.0 Å². The molecule has 2 aromatic carbocycles. The number of fused-ring (bicyclic) bond motifs is 2.